The number of hydrogen-bond acceptors (Lipinski definition) is 11. The topological polar surface area (TPSA) is 191 Å². The first-order valence-electron chi connectivity index (χ1n) is 17.8. The van der Waals surface area contributed by atoms with Crippen molar-refractivity contribution in [2.75, 3.05) is 35.2 Å². The molecule has 4 aromatic heterocycles. The van der Waals surface area contributed by atoms with E-state index in [4.69, 9.17) is 15.0 Å². The SMILES string of the molecule is O=C(Nc1cccnc1)NC1CCN(c2nc(NCC(c3ccccc3)c3ccccc3)c3ncn([C@@H]4C[C@H](n5cc(CO)cn5)[C@@H](O)[C@H]4O)c3n2)C1. The number of nitrogens with one attached hydrogen (secondary N) is 3. The van der Waals surface area contributed by atoms with Crippen molar-refractivity contribution in [2.45, 2.75) is 55.7 Å². The van der Waals surface area contributed by atoms with Crippen LogP contribution in [0.15, 0.2) is 104 Å². The van der Waals surface area contributed by atoms with Crippen molar-refractivity contribution in [3.63, 3.8) is 0 Å². The molecule has 5 heterocycles. The molecule has 5 atom stereocenters. The highest BCUT2D eigenvalue weighted by Gasteiger charge is 2.44. The van der Waals surface area contributed by atoms with Gasteiger partial charge in [-0.1, -0.05) is 60.7 Å². The second kappa shape index (κ2) is 15.0. The molecule has 2 aliphatic rings. The molecule has 2 amide bonds. The Morgan fingerprint density at radius 3 is 2.38 bits per heavy atom. The number of urea groups is 1. The Morgan fingerprint density at radius 1 is 0.925 bits per heavy atom. The number of aliphatic hydroxyl groups excluding tert-OH is 3. The smallest absolute Gasteiger partial charge is 0.319 e. The molecule has 0 spiro atoms. The standard InChI is InChI=1S/C38H41N11O4/c50-22-24-17-42-49(20-24)31-16-30(33(51)34(31)52)48-23-41-32-35(40-19-29(25-8-3-1-4-9-25)26-10-5-2-6-11-26)45-37(46-36(32)48)47-15-13-28(21-47)44-38(53)43-27-12-7-14-39-18-27/h1-12,14,17-18,20,23,28-31,33-34,50-52H,13,15-16,19,21-22H2,(H,40,45,46)(H2,43,44,53)/t28?,30-,31+,33+,34-/m1/s1. The van der Waals surface area contributed by atoms with Crippen LogP contribution in [-0.2, 0) is 6.61 Å². The van der Waals surface area contributed by atoms with E-state index in [1.807, 2.05) is 45.9 Å². The van der Waals surface area contributed by atoms with Gasteiger partial charge in [0.25, 0.3) is 0 Å². The highest BCUT2D eigenvalue weighted by molar-refractivity contribution is 5.89. The highest BCUT2D eigenvalue weighted by Crippen LogP contribution is 2.40. The summed E-state index contributed by atoms with van der Waals surface area (Å²) in [5.41, 5.74) is 4.56. The Balaban J connectivity index is 1.10. The fourth-order valence-corrected chi connectivity index (χ4v) is 7.42. The van der Waals surface area contributed by atoms with Crippen LogP contribution in [-0.4, -0.2) is 93.5 Å². The van der Waals surface area contributed by atoms with Gasteiger partial charge in [-0.3, -0.25) is 9.67 Å². The second-order valence-corrected chi connectivity index (χ2v) is 13.6. The Bertz CT molecular complexity index is 2110. The number of anilines is 3. The molecule has 15 nitrogen and oxygen atoms in total. The first-order valence-corrected chi connectivity index (χ1v) is 17.8. The number of nitrogens with zero attached hydrogens (tertiary/aromatic N) is 8. The van der Waals surface area contributed by atoms with Gasteiger partial charge in [0.05, 0.1) is 43.1 Å². The monoisotopic (exact) mass is 715 g/mol. The van der Waals surface area contributed by atoms with E-state index in [2.05, 4.69) is 50.3 Å². The van der Waals surface area contributed by atoms with Gasteiger partial charge in [-0.05, 0) is 36.1 Å². The van der Waals surface area contributed by atoms with Crippen LogP contribution >= 0.6 is 0 Å². The molecule has 6 aromatic rings. The number of aromatic nitrogens is 7. The number of pyridine rings is 1. The van der Waals surface area contributed by atoms with Crippen molar-refractivity contribution in [3.8, 4) is 0 Å². The normalized spacial score (nSPS) is 21.4. The van der Waals surface area contributed by atoms with Crippen LogP contribution in [0, 0.1) is 0 Å². The van der Waals surface area contributed by atoms with Crippen LogP contribution < -0.4 is 20.9 Å². The maximum absolute atomic E-state index is 12.8. The van der Waals surface area contributed by atoms with Gasteiger partial charge < -0.3 is 40.7 Å². The summed E-state index contributed by atoms with van der Waals surface area (Å²) >= 11 is 0. The summed E-state index contributed by atoms with van der Waals surface area (Å²) in [7, 11) is 0. The summed E-state index contributed by atoms with van der Waals surface area (Å²) < 4.78 is 3.41. The molecule has 1 saturated heterocycles. The number of hydrogen-bond donors (Lipinski definition) is 6. The van der Waals surface area contributed by atoms with Crippen LogP contribution in [0.3, 0.4) is 0 Å². The van der Waals surface area contributed by atoms with Gasteiger partial charge in [-0.25, -0.2) is 9.78 Å². The third-order valence-electron chi connectivity index (χ3n) is 10.2. The van der Waals surface area contributed by atoms with Crippen molar-refractivity contribution in [1.82, 2.24) is 39.6 Å². The van der Waals surface area contributed by atoms with E-state index < -0.39 is 24.3 Å². The molecule has 1 saturated carbocycles. The maximum Gasteiger partial charge on any atom is 0.319 e. The lowest BCUT2D eigenvalue weighted by molar-refractivity contribution is 0.00720. The molecule has 1 aliphatic heterocycles. The number of amides is 2. The number of imidazole rings is 1. The lowest BCUT2D eigenvalue weighted by Crippen LogP contribution is -2.40. The van der Waals surface area contributed by atoms with Crippen LogP contribution in [0.1, 0.15) is 47.5 Å². The van der Waals surface area contributed by atoms with E-state index in [9.17, 15) is 20.1 Å². The summed E-state index contributed by atoms with van der Waals surface area (Å²) in [6, 6.07) is 22.6. The minimum Gasteiger partial charge on any atom is -0.392 e. The summed E-state index contributed by atoms with van der Waals surface area (Å²) in [6.07, 6.45) is 6.91. The van der Waals surface area contributed by atoms with Crippen molar-refractivity contribution in [1.29, 1.82) is 0 Å². The third kappa shape index (κ3) is 7.13. The van der Waals surface area contributed by atoms with Crippen molar-refractivity contribution < 1.29 is 20.1 Å². The van der Waals surface area contributed by atoms with Gasteiger partial charge in [-0.15, -0.1) is 0 Å². The lowest BCUT2D eigenvalue weighted by atomic mass is 9.91. The third-order valence-corrected chi connectivity index (χ3v) is 10.2. The van der Waals surface area contributed by atoms with Crippen LogP contribution in [0.25, 0.3) is 11.2 Å². The van der Waals surface area contributed by atoms with Crippen molar-refractivity contribution >= 4 is 34.6 Å². The van der Waals surface area contributed by atoms with Gasteiger partial charge in [0.15, 0.2) is 17.0 Å². The molecule has 0 radical (unpaired) electrons. The van der Waals surface area contributed by atoms with E-state index in [-0.39, 0.29) is 24.6 Å². The highest BCUT2D eigenvalue weighted by atomic mass is 16.3. The number of rotatable bonds is 11. The molecule has 1 aliphatic carbocycles. The Hall–Kier alpha value is -5.90. The predicted molar refractivity (Wildman–Crippen MR) is 198 cm³/mol. The molecular weight excluding hydrogens is 674 g/mol. The van der Waals surface area contributed by atoms with Crippen LogP contribution in [0.4, 0.5) is 22.2 Å². The Kier molecular flexibility index (Phi) is 9.67. The maximum atomic E-state index is 12.8. The van der Waals surface area contributed by atoms with Crippen molar-refractivity contribution in [2.24, 2.45) is 0 Å². The van der Waals surface area contributed by atoms with Crippen LogP contribution in [0.5, 0.6) is 0 Å². The number of carbonyl (C=O) groups is 1. The predicted octanol–water partition coefficient (Wildman–Crippen LogP) is 3.46. The van der Waals surface area contributed by atoms with Gasteiger partial charge in [-0.2, -0.15) is 15.1 Å². The average molecular weight is 716 g/mol. The van der Waals surface area contributed by atoms with Gasteiger partial charge >= 0.3 is 6.03 Å². The zero-order valence-corrected chi connectivity index (χ0v) is 28.8. The fraction of sp³-hybridized carbons (Fsp3) is 0.316. The Labute approximate surface area is 305 Å². The molecule has 0 bridgehead atoms. The minimum atomic E-state index is -1.13. The lowest BCUT2D eigenvalue weighted by Gasteiger charge is -2.22. The quantitative estimate of drug-likeness (QED) is 0.115. The van der Waals surface area contributed by atoms with E-state index in [0.29, 0.717) is 66.7 Å². The number of carbonyl (C=O) groups excluding carboxylic acids is 1. The largest absolute Gasteiger partial charge is 0.392 e. The summed E-state index contributed by atoms with van der Waals surface area (Å²) in [4.78, 5) is 33.7. The minimum absolute atomic E-state index is 0.0112. The molecule has 8 rings (SSSR count). The first-order chi connectivity index (χ1) is 25.9. The number of fused-ring (bicyclic) bond motifs is 1. The molecule has 1 unspecified atom stereocenters. The fourth-order valence-electron chi connectivity index (χ4n) is 7.42. The van der Waals surface area contributed by atoms with E-state index in [1.165, 1.54) is 0 Å². The molecule has 53 heavy (non-hydrogen) atoms. The van der Waals surface area contributed by atoms with Crippen molar-refractivity contribution in [3.05, 3.63) is 121 Å². The first kappa shape index (κ1) is 34.2. The Morgan fingerprint density at radius 2 is 1.68 bits per heavy atom. The zero-order chi connectivity index (χ0) is 36.3. The number of aliphatic hydroxyl groups is 3. The summed E-state index contributed by atoms with van der Waals surface area (Å²) in [5.74, 6) is 1.01. The molecule has 272 valence electrons. The van der Waals surface area contributed by atoms with E-state index in [1.54, 1.807) is 47.9 Å². The number of benzene rings is 2. The molecule has 2 fully saturated rings. The van der Waals surface area contributed by atoms with E-state index in [0.717, 1.165) is 11.1 Å². The average Bonchev–Trinajstić information content (AvgIpc) is 4.00. The van der Waals surface area contributed by atoms with Gasteiger partial charge in [0.2, 0.25) is 5.95 Å². The molecular formula is C38H41N11O4. The molecule has 6 N–H and O–H groups in total. The van der Waals surface area contributed by atoms with Gasteiger partial charge in [0.1, 0.15) is 12.2 Å². The van der Waals surface area contributed by atoms with Gasteiger partial charge in [0, 0.05) is 49.6 Å². The second-order valence-electron chi connectivity index (χ2n) is 13.6. The molecule has 2 aromatic carbocycles. The van der Waals surface area contributed by atoms with Crippen LogP contribution in [0.2, 0.25) is 0 Å². The zero-order valence-electron chi connectivity index (χ0n) is 28.8. The molecule has 15 heteroatoms. The van der Waals surface area contributed by atoms with E-state index >= 15 is 0 Å². The summed E-state index contributed by atoms with van der Waals surface area (Å²) in [5, 5.41) is 45.9. The summed E-state index contributed by atoms with van der Waals surface area (Å²) in [6.45, 7) is 1.43.